The Balaban J connectivity index is 1.84. The van der Waals surface area contributed by atoms with Gasteiger partial charge in [-0.05, 0) is 0 Å². The summed E-state index contributed by atoms with van der Waals surface area (Å²) in [5.74, 6) is 2.01. The van der Waals surface area contributed by atoms with Crippen molar-refractivity contribution >= 4 is 23.6 Å². The molecule has 7 nitrogen and oxygen atoms in total. The van der Waals surface area contributed by atoms with Crippen LogP contribution in [0.25, 0.3) is 0 Å². The Bertz CT molecular complexity index is 634. The Morgan fingerprint density at radius 1 is 1.58 bits per heavy atom. The van der Waals surface area contributed by atoms with Gasteiger partial charge in [-0.3, -0.25) is 14.8 Å². The molecule has 0 aliphatic carbocycles. The Morgan fingerprint density at radius 2 is 2.42 bits per heavy atom. The average Bonchev–Trinajstić information content (AvgIpc) is 3.05. The smallest absolute Gasteiger partial charge is 0.265 e. The van der Waals surface area contributed by atoms with Crippen LogP contribution in [0.5, 0.6) is 5.88 Å². The van der Waals surface area contributed by atoms with Gasteiger partial charge in [0.25, 0.3) is 5.91 Å². The van der Waals surface area contributed by atoms with E-state index >= 15 is 0 Å². The van der Waals surface area contributed by atoms with Gasteiger partial charge in [-0.15, -0.1) is 5.10 Å². The topological polar surface area (TPSA) is 82.2 Å². The number of methoxy groups -OCH3 is 1. The normalized spacial score (nSPS) is 13.4. The van der Waals surface area contributed by atoms with Crippen molar-refractivity contribution in [1.29, 1.82) is 0 Å². The highest BCUT2D eigenvalue weighted by Crippen LogP contribution is 2.34. The first-order valence-corrected chi connectivity index (χ1v) is 6.78. The Hall–Kier alpha value is -1.96. The number of fused-ring (bicyclic) bond motifs is 1. The van der Waals surface area contributed by atoms with Gasteiger partial charge in [-0.1, -0.05) is 5.16 Å². The third kappa shape index (κ3) is 2.07. The van der Waals surface area contributed by atoms with Crippen LogP contribution in [0.3, 0.4) is 0 Å². The number of thioether (sulfide) groups is 1. The molecule has 1 N–H and O–H groups in total. The molecule has 0 radical (unpaired) electrons. The van der Waals surface area contributed by atoms with Gasteiger partial charge in [0.2, 0.25) is 11.8 Å². The number of carbonyl (C=O) groups excluding carboxylic acids is 1. The molecule has 2 aromatic heterocycles. The Kier molecular flexibility index (Phi) is 2.94. The Labute approximate surface area is 113 Å². The molecule has 2 aromatic rings. The lowest BCUT2D eigenvalue weighted by Crippen LogP contribution is -2.12. The molecule has 0 fully saturated rings. The van der Waals surface area contributed by atoms with Gasteiger partial charge in [-0.25, -0.2) is 0 Å². The van der Waals surface area contributed by atoms with Crippen LogP contribution in [0.15, 0.2) is 10.7 Å². The summed E-state index contributed by atoms with van der Waals surface area (Å²) in [4.78, 5) is 12.2. The van der Waals surface area contributed by atoms with Gasteiger partial charge in [0.1, 0.15) is 5.56 Å². The summed E-state index contributed by atoms with van der Waals surface area (Å²) >= 11 is 1.74. The van der Waals surface area contributed by atoms with E-state index in [2.05, 4.69) is 15.6 Å². The number of hydrogen-bond acceptors (Lipinski definition) is 6. The predicted octanol–water partition coefficient (Wildman–Crippen LogP) is 1.42. The lowest BCUT2D eigenvalue weighted by atomic mass is 10.2. The molecule has 0 bridgehead atoms. The quantitative estimate of drug-likeness (QED) is 0.915. The fraction of sp³-hybridized carbons (Fsp3) is 0.364. The van der Waals surface area contributed by atoms with Crippen LogP contribution in [0.1, 0.15) is 21.6 Å². The predicted molar refractivity (Wildman–Crippen MR) is 69.2 cm³/mol. The minimum absolute atomic E-state index is 0.283. The molecule has 3 heterocycles. The summed E-state index contributed by atoms with van der Waals surface area (Å²) in [7, 11) is 3.20. The van der Waals surface area contributed by atoms with Gasteiger partial charge in [0.15, 0.2) is 0 Å². The van der Waals surface area contributed by atoms with E-state index in [0.29, 0.717) is 11.4 Å². The van der Waals surface area contributed by atoms with Crippen LogP contribution in [-0.2, 0) is 18.6 Å². The number of carbonyl (C=O) groups is 1. The molecule has 8 heteroatoms. The molecule has 0 saturated heterocycles. The molecular formula is C11H12N4O3S. The van der Waals surface area contributed by atoms with E-state index in [1.165, 1.54) is 11.8 Å². The largest absolute Gasteiger partial charge is 0.479 e. The summed E-state index contributed by atoms with van der Waals surface area (Å²) in [6.07, 6.45) is 1.60. The van der Waals surface area contributed by atoms with Crippen molar-refractivity contribution in [2.75, 3.05) is 12.4 Å². The highest BCUT2D eigenvalue weighted by atomic mass is 32.2. The van der Waals surface area contributed by atoms with Gasteiger partial charge in [0, 0.05) is 24.8 Å². The Morgan fingerprint density at radius 3 is 3.21 bits per heavy atom. The molecule has 100 valence electrons. The maximum atomic E-state index is 12.2. The van der Waals surface area contributed by atoms with Crippen molar-refractivity contribution in [2.45, 2.75) is 11.5 Å². The summed E-state index contributed by atoms with van der Waals surface area (Å²) in [6, 6.07) is 0. The molecule has 0 unspecified atom stereocenters. The van der Waals surface area contributed by atoms with Crippen molar-refractivity contribution < 1.29 is 14.1 Å². The molecule has 1 aliphatic heterocycles. The van der Waals surface area contributed by atoms with Crippen LogP contribution < -0.4 is 10.1 Å². The number of hydrogen-bond donors (Lipinski definition) is 1. The number of nitrogens with one attached hydrogen (secondary N) is 1. The lowest BCUT2D eigenvalue weighted by molar-refractivity contribution is 0.102. The molecule has 19 heavy (non-hydrogen) atoms. The number of rotatable bonds is 3. The van der Waals surface area contributed by atoms with Crippen LogP contribution in [0.2, 0.25) is 0 Å². The first kappa shape index (κ1) is 12.1. The monoisotopic (exact) mass is 280 g/mol. The summed E-state index contributed by atoms with van der Waals surface area (Å²) in [5.41, 5.74) is 2.22. The standard InChI is InChI=1S/C11H12N4O3S/c1-15-3-6(11(13-15)17-2)9(16)12-10-7-4-19-5-8(7)14-18-10/h3H,4-5H2,1-2H3,(H,12,16). The number of nitrogens with zero attached hydrogens (tertiary/aromatic N) is 3. The maximum Gasteiger partial charge on any atom is 0.265 e. The second-order valence-corrected chi connectivity index (χ2v) is 5.10. The van der Waals surface area contributed by atoms with Crippen molar-refractivity contribution in [3.63, 3.8) is 0 Å². The number of aromatic nitrogens is 3. The van der Waals surface area contributed by atoms with Crippen molar-refractivity contribution in [1.82, 2.24) is 14.9 Å². The fourth-order valence-corrected chi connectivity index (χ4v) is 2.92. The fourth-order valence-electron chi connectivity index (χ4n) is 1.90. The molecule has 1 amide bonds. The minimum atomic E-state index is -0.319. The van der Waals surface area contributed by atoms with Crippen molar-refractivity contribution in [2.24, 2.45) is 7.05 Å². The molecule has 1 aliphatic rings. The van der Waals surface area contributed by atoms with E-state index in [-0.39, 0.29) is 11.8 Å². The van der Waals surface area contributed by atoms with E-state index < -0.39 is 0 Å². The highest BCUT2D eigenvalue weighted by Gasteiger charge is 2.24. The zero-order chi connectivity index (χ0) is 13.4. The summed E-state index contributed by atoms with van der Waals surface area (Å²) < 4.78 is 11.7. The molecule has 3 rings (SSSR count). The van der Waals surface area contributed by atoms with Crippen LogP contribution in [0, 0.1) is 0 Å². The van der Waals surface area contributed by atoms with Crippen LogP contribution >= 0.6 is 11.8 Å². The second-order valence-electron chi connectivity index (χ2n) is 4.11. The number of anilines is 1. The van der Waals surface area contributed by atoms with Gasteiger partial charge in [-0.2, -0.15) is 11.8 Å². The SMILES string of the molecule is COc1nn(C)cc1C(=O)Nc1onc2c1CSC2. The van der Waals surface area contributed by atoms with Crippen molar-refractivity contribution in [3.8, 4) is 5.88 Å². The van der Waals surface area contributed by atoms with Gasteiger partial charge < -0.3 is 9.26 Å². The summed E-state index contributed by atoms with van der Waals surface area (Å²) in [5, 5.41) is 10.7. The summed E-state index contributed by atoms with van der Waals surface area (Å²) in [6.45, 7) is 0. The van der Waals surface area contributed by atoms with Gasteiger partial charge >= 0.3 is 0 Å². The third-order valence-electron chi connectivity index (χ3n) is 2.81. The van der Waals surface area contributed by atoms with E-state index in [0.717, 1.165) is 22.8 Å². The molecule has 0 saturated carbocycles. The van der Waals surface area contributed by atoms with E-state index in [1.54, 1.807) is 25.0 Å². The van der Waals surface area contributed by atoms with E-state index in [9.17, 15) is 4.79 Å². The molecular weight excluding hydrogens is 268 g/mol. The third-order valence-corrected chi connectivity index (χ3v) is 3.79. The van der Waals surface area contributed by atoms with E-state index in [4.69, 9.17) is 9.26 Å². The lowest BCUT2D eigenvalue weighted by Gasteiger charge is -2.02. The number of aryl methyl sites for hydroxylation is 1. The number of amides is 1. The van der Waals surface area contributed by atoms with Gasteiger partial charge in [0.05, 0.1) is 18.4 Å². The minimum Gasteiger partial charge on any atom is -0.479 e. The first-order valence-electron chi connectivity index (χ1n) is 5.63. The van der Waals surface area contributed by atoms with Crippen LogP contribution in [-0.4, -0.2) is 28.0 Å². The van der Waals surface area contributed by atoms with Crippen molar-refractivity contribution in [3.05, 3.63) is 23.0 Å². The zero-order valence-corrected chi connectivity index (χ0v) is 11.3. The van der Waals surface area contributed by atoms with Crippen LogP contribution in [0.4, 0.5) is 5.88 Å². The van der Waals surface area contributed by atoms with E-state index in [1.807, 2.05) is 0 Å². The average molecular weight is 280 g/mol. The zero-order valence-electron chi connectivity index (χ0n) is 10.5. The highest BCUT2D eigenvalue weighted by molar-refractivity contribution is 7.98. The first-order chi connectivity index (χ1) is 9.19. The molecule has 0 spiro atoms. The number of ether oxygens (including phenoxy) is 1. The second kappa shape index (κ2) is 4.61. The maximum absolute atomic E-state index is 12.2. The molecule has 0 atom stereocenters. The molecule has 0 aromatic carbocycles.